The van der Waals surface area contributed by atoms with E-state index in [1.54, 1.807) is 30.3 Å². The summed E-state index contributed by atoms with van der Waals surface area (Å²) in [6, 6.07) is 16.0. The van der Waals surface area contributed by atoms with Crippen LogP contribution in [0.4, 0.5) is 0 Å². The third kappa shape index (κ3) is 5.50. The number of benzene rings is 2. The fourth-order valence-electron chi connectivity index (χ4n) is 2.15. The first kappa shape index (κ1) is 17.2. The van der Waals surface area contributed by atoms with E-state index in [1.165, 1.54) is 0 Å². The zero-order chi connectivity index (χ0) is 16.7. The Morgan fingerprint density at radius 1 is 0.913 bits per heavy atom. The first-order chi connectivity index (χ1) is 11.0. The smallest absolute Gasteiger partial charge is 0.240 e. The van der Waals surface area contributed by atoms with Gasteiger partial charge in [-0.3, -0.25) is 4.79 Å². The Kier molecular flexibility index (Phi) is 5.90. The van der Waals surface area contributed by atoms with Crippen molar-refractivity contribution in [3.05, 3.63) is 65.7 Å². The molecule has 0 spiro atoms. The van der Waals surface area contributed by atoms with Gasteiger partial charge in [-0.1, -0.05) is 42.5 Å². The summed E-state index contributed by atoms with van der Waals surface area (Å²) in [6.07, 6.45) is 1.55. The number of nitrogens with one attached hydrogen (secondary N) is 1. The van der Waals surface area contributed by atoms with Crippen LogP contribution < -0.4 is 10.5 Å². The predicted molar refractivity (Wildman–Crippen MR) is 89.3 cm³/mol. The van der Waals surface area contributed by atoms with Crippen LogP contribution in [-0.4, -0.2) is 20.9 Å². The number of hydrogen-bond acceptors (Lipinski definition) is 3. The summed E-state index contributed by atoms with van der Waals surface area (Å²) in [6.45, 7) is 0.331. The van der Waals surface area contributed by atoms with Crippen molar-refractivity contribution in [1.82, 2.24) is 4.72 Å². The Labute approximate surface area is 136 Å². The maximum Gasteiger partial charge on any atom is 0.240 e. The van der Waals surface area contributed by atoms with Gasteiger partial charge in [-0.05, 0) is 36.1 Å². The standard InChI is InChI=1S/C17H20N2O3S/c18-17(20)11-10-14-6-8-15(9-7-14)12-13-19-23(21,22)16-4-2-1-3-5-16/h1-9,19H,10-13H2,(H2,18,20). The van der Waals surface area contributed by atoms with E-state index in [-0.39, 0.29) is 10.8 Å². The minimum Gasteiger partial charge on any atom is -0.370 e. The molecule has 0 saturated heterocycles. The van der Waals surface area contributed by atoms with Crippen molar-refractivity contribution in [1.29, 1.82) is 0 Å². The molecule has 0 heterocycles. The van der Waals surface area contributed by atoms with Crippen LogP contribution in [0.25, 0.3) is 0 Å². The molecule has 23 heavy (non-hydrogen) atoms. The Bertz CT molecular complexity index is 741. The van der Waals surface area contributed by atoms with Gasteiger partial charge in [0.1, 0.15) is 0 Å². The van der Waals surface area contributed by atoms with E-state index in [4.69, 9.17) is 5.73 Å². The molecule has 3 N–H and O–H groups in total. The van der Waals surface area contributed by atoms with Crippen LogP contribution in [0.3, 0.4) is 0 Å². The third-order valence-corrected chi connectivity index (χ3v) is 4.92. The first-order valence-electron chi connectivity index (χ1n) is 7.38. The molecule has 5 nitrogen and oxygen atoms in total. The number of sulfonamides is 1. The van der Waals surface area contributed by atoms with Crippen LogP contribution in [0, 0.1) is 0 Å². The van der Waals surface area contributed by atoms with Crippen molar-refractivity contribution >= 4 is 15.9 Å². The highest BCUT2D eigenvalue weighted by atomic mass is 32.2. The monoisotopic (exact) mass is 332 g/mol. The molecule has 0 aliphatic heterocycles. The minimum absolute atomic E-state index is 0.266. The molecule has 0 unspecified atom stereocenters. The average Bonchev–Trinajstić information content (AvgIpc) is 2.55. The van der Waals surface area contributed by atoms with E-state index in [9.17, 15) is 13.2 Å². The Balaban J connectivity index is 1.85. The molecule has 0 bridgehead atoms. The van der Waals surface area contributed by atoms with Gasteiger partial charge in [-0.15, -0.1) is 0 Å². The number of aryl methyl sites for hydroxylation is 1. The Morgan fingerprint density at radius 2 is 1.48 bits per heavy atom. The van der Waals surface area contributed by atoms with Crippen LogP contribution in [0.5, 0.6) is 0 Å². The van der Waals surface area contributed by atoms with Gasteiger partial charge in [0.05, 0.1) is 4.90 Å². The summed E-state index contributed by atoms with van der Waals surface area (Å²) in [5.41, 5.74) is 7.19. The van der Waals surface area contributed by atoms with Gasteiger partial charge in [-0.2, -0.15) is 0 Å². The Morgan fingerprint density at radius 3 is 2.04 bits per heavy atom. The van der Waals surface area contributed by atoms with Crippen molar-refractivity contribution in [2.75, 3.05) is 6.54 Å². The highest BCUT2D eigenvalue weighted by molar-refractivity contribution is 7.89. The number of hydrogen-bond donors (Lipinski definition) is 2. The second-order valence-electron chi connectivity index (χ2n) is 5.24. The number of rotatable bonds is 8. The molecule has 0 radical (unpaired) electrons. The molecule has 0 aliphatic rings. The third-order valence-electron chi connectivity index (χ3n) is 3.44. The molecule has 0 aromatic heterocycles. The van der Waals surface area contributed by atoms with E-state index in [1.807, 2.05) is 24.3 Å². The van der Waals surface area contributed by atoms with Crippen molar-refractivity contribution in [2.24, 2.45) is 5.73 Å². The number of carbonyl (C=O) groups is 1. The molecular formula is C17H20N2O3S. The van der Waals surface area contributed by atoms with E-state index < -0.39 is 10.0 Å². The second kappa shape index (κ2) is 7.89. The zero-order valence-corrected chi connectivity index (χ0v) is 13.6. The summed E-state index contributed by atoms with van der Waals surface area (Å²) < 4.78 is 26.7. The first-order valence-corrected chi connectivity index (χ1v) is 8.86. The van der Waals surface area contributed by atoms with Crippen LogP contribution in [0.2, 0.25) is 0 Å². The van der Waals surface area contributed by atoms with Crippen LogP contribution in [-0.2, 0) is 27.7 Å². The fraction of sp³-hybridized carbons (Fsp3) is 0.235. The molecule has 0 aliphatic carbocycles. The molecule has 6 heteroatoms. The SMILES string of the molecule is NC(=O)CCc1ccc(CCNS(=O)(=O)c2ccccc2)cc1. The second-order valence-corrected chi connectivity index (χ2v) is 7.01. The summed E-state index contributed by atoms with van der Waals surface area (Å²) in [5.74, 6) is -0.315. The maximum absolute atomic E-state index is 12.1. The molecular weight excluding hydrogens is 312 g/mol. The van der Waals surface area contributed by atoms with Gasteiger partial charge in [-0.25, -0.2) is 13.1 Å². The van der Waals surface area contributed by atoms with E-state index in [0.717, 1.165) is 11.1 Å². The number of nitrogens with two attached hydrogens (primary N) is 1. The van der Waals surface area contributed by atoms with Gasteiger partial charge < -0.3 is 5.73 Å². The van der Waals surface area contributed by atoms with Crippen molar-refractivity contribution in [3.63, 3.8) is 0 Å². The predicted octanol–water partition coefficient (Wildman–Crippen LogP) is 1.63. The van der Waals surface area contributed by atoms with Gasteiger partial charge in [0.2, 0.25) is 15.9 Å². The van der Waals surface area contributed by atoms with E-state index in [2.05, 4.69) is 4.72 Å². The summed E-state index contributed by atoms with van der Waals surface area (Å²) in [5, 5.41) is 0. The van der Waals surface area contributed by atoms with E-state index in [0.29, 0.717) is 25.8 Å². The lowest BCUT2D eigenvalue weighted by Gasteiger charge is -2.07. The van der Waals surface area contributed by atoms with Crippen LogP contribution in [0.1, 0.15) is 17.5 Å². The molecule has 122 valence electrons. The normalized spacial score (nSPS) is 11.3. The maximum atomic E-state index is 12.1. The largest absolute Gasteiger partial charge is 0.370 e. The summed E-state index contributed by atoms with van der Waals surface area (Å²) >= 11 is 0. The lowest BCUT2D eigenvalue weighted by atomic mass is 10.1. The van der Waals surface area contributed by atoms with Gasteiger partial charge in [0, 0.05) is 13.0 Å². The van der Waals surface area contributed by atoms with Gasteiger partial charge in [0.25, 0.3) is 0 Å². The zero-order valence-electron chi connectivity index (χ0n) is 12.7. The molecule has 1 amide bonds. The average molecular weight is 332 g/mol. The Hall–Kier alpha value is -2.18. The summed E-state index contributed by atoms with van der Waals surface area (Å²) in [4.78, 5) is 11.0. The molecule has 0 atom stereocenters. The molecule has 2 aromatic carbocycles. The number of primary amides is 1. The van der Waals surface area contributed by atoms with Crippen molar-refractivity contribution < 1.29 is 13.2 Å². The number of amides is 1. The molecule has 2 rings (SSSR count). The molecule has 0 fully saturated rings. The number of carbonyl (C=O) groups excluding carboxylic acids is 1. The topological polar surface area (TPSA) is 89.3 Å². The van der Waals surface area contributed by atoms with Crippen molar-refractivity contribution in [2.45, 2.75) is 24.2 Å². The summed E-state index contributed by atoms with van der Waals surface area (Å²) in [7, 11) is -3.46. The van der Waals surface area contributed by atoms with Gasteiger partial charge >= 0.3 is 0 Å². The fourth-order valence-corrected chi connectivity index (χ4v) is 3.21. The molecule has 2 aromatic rings. The quantitative estimate of drug-likeness (QED) is 0.770. The van der Waals surface area contributed by atoms with Gasteiger partial charge in [0.15, 0.2) is 0 Å². The van der Waals surface area contributed by atoms with Crippen LogP contribution >= 0.6 is 0 Å². The highest BCUT2D eigenvalue weighted by Gasteiger charge is 2.12. The minimum atomic E-state index is -3.46. The van der Waals surface area contributed by atoms with Crippen LogP contribution in [0.15, 0.2) is 59.5 Å². The van der Waals surface area contributed by atoms with Crippen molar-refractivity contribution in [3.8, 4) is 0 Å². The lowest BCUT2D eigenvalue weighted by Crippen LogP contribution is -2.25. The van der Waals surface area contributed by atoms with E-state index >= 15 is 0 Å². The molecule has 0 saturated carbocycles. The lowest BCUT2D eigenvalue weighted by molar-refractivity contribution is -0.117. The highest BCUT2D eigenvalue weighted by Crippen LogP contribution is 2.09.